The summed E-state index contributed by atoms with van der Waals surface area (Å²) >= 11 is 0. The monoisotopic (exact) mass is 264 g/mol. The second kappa shape index (κ2) is 7.21. The molecule has 108 valence electrons. The molecule has 2 rings (SSSR count). The first-order valence-corrected chi connectivity index (χ1v) is 8.20. The Hall–Kier alpha value is -0.660. The Morgan fingerprint density at radius 3 is 1.63 bits per heavy atom. The van der Waals surface area contributed by atoms with Crippen LogP contribution in [0.1, 0.15) is 77.6 Å². The van der Waals surface area contributed by atoms with Gasteiger partial charge in [-0.15, -0.1) is 0 Å². The first-order valence-electron chi connectivity index (χ1n) is 8.20. The molecule has 0 bridgehead atoms. The molecule has 2 heteroatoms. The second-order valence-corrected chi connectivity index (χ2v) is 6.67. The molecule has 2 aliphatic rings. The Bertz CT molecular complexity index is 291. The average molecular weight is 264 g/mol. The maximum absolute atomic E-state index is 12.5. The van der Waals surface area contributed by atoms with Gasteiger partial charge in [-0.3, -0.25) is 9.59 Å². The van der Waals surface area contributed by atoms with E-state index in [0.29, 0.717) is 11.8 Å². The molecule has 0 saturated heterocycles. The van der Waals surface area contributed by atoms with Gasteiger partial charge in [-0.25, -0.2) is 0 Å². The van der Waals surface area contributed by atoms with E-state index in [1.54, 1.807) is 6.92 Å². The van der Waals surface area contributed by atoms with Crippen molar-refractivity contribution in [1.29, 1.82) is 0 Å². The van der Waals surface area contributed by atoms with Gasteiger partial charge in [0.15, 0.2) is 0 Å². The van der Waals surface area contributed by atoms with Gasteiger partial charge in [0.25, 0.3) is 0 Å². The van der Waals surface area contributed by atoms with Crippen molar-refractivity contribution in [2.45, 2.75) is 77.6 Å². The van der Waals surface area contributed by atoms with E-state index in [-0.39, 0.29) is 23.9 Å². The fraction of sp³-hybridized carbons (Fsp3) is 0.882. The largest absolute Gasteiger partial charge is 0.300 e. The molecule has 0 heterocycles. The van der Waals surface area contributed by atoms with Crippen LogP contribution in [0.3, 0.4) is 0 Å². The first kappa shape index (κ1) is 14.7. The van der Waals surface area contributed by atoms with E-state index >= 15 is 0 Å². The SMILES string of the molecule is CC(=O)CC(=O)C(C1CCCCC1)C1CCCCC1. The summed E-state index contributed by atoms with van der Waals surface area (Å²) in [7, 11) is 0. The Morgan fingerprint density at radius 2 is 1.26 bits per heavy atom. The molecule has 0 aliphatic heterocycles. The van der Waals surface area contributed by atoms with Crippen molar-refractivity contribution in [3.8, 4) is 0 Å². The van der Waals surface area contributed by atoms with Crippen LogP contribution >= 0.6 is 0 Å². The maximum Gasteiger partial charge on any atom is 0.143 e. The molecule has 0 atom stereocenters. The van der Waals surface area contributed by atoms with E-state index in [0.717, 1.165) is 0 Å². The molecule has 0 amide bonds. The predicted octanol–water partition coefficient (Wildman–Crippen LogP) is 4.31. The van der Waals surface area contributed by atoms with Crippen molar-refractivity contribution < 1.29 is 9.59 Å². The van der Waals surface area contributed by atoms with Crippen molar-refractivity contribution in [1.82, 2.24) is 0 Å². The summed E-state index contributed by atoms with van der Waals surface area (Å²) in [6.07, 6.45) is 12.8. The summed E-state index contributed by atoms with van der Waals surface area (Å²) in [6, 6.07) is 0. The van der Waals surface area contributed by atoms with Crippen LogP contribution in [0.2, 0.25) is 0 Å². The highest BCUT2D eigenvalue weighted by atomic mass is 16.1. The van der Waals surface area contributed by atoms with E-state index in [1.807, 2.05) is 0 Å². The van der Waals surface area contributed by atoms with Gasteiger partial charge in [0.2, 0.25) is 0 Å². The number of hydrogen-bond acceptors (Lipinski definition) is 2. The van der Waals surface area contributed by atoms with Gasteiger partial charge in [0, 0.05) is 5.92 Å². The van der Waals surface area contributed by atoms with Crippen molar-refractivity contribution in [2.75, 3.05) is 0 Å². The smallest absolute Gasteiger partial charge is 0.143 e. The molecule has 0 radical (unpaired) electrons. The summed E-state index contributed by atoms with van der Waals surface area (Å²) in [5.74, 6) is 1.64. The van der Waals surface area contributed by atoms with Crippen LogP contribution in [0.25, 0.3) is 0 Å². The zero-order valence-corrected chi connectivity index (χ0v) is 12.3. The fourth-order valence-electron chi connectivity index (χ4n) is 4.26. The summed E-state index contributed by atoms with van der Waals surface area (Å²) in [4.78, 5) is 23.8. The molecule has 19 heavy (non-hydrogen) atoms. The molecular weight excluding hydrogens is 236 g/mol. The molecule has 0 spiro atoms. The molecule has 2 nitrogen and oxygen atoms in total. The van der Waals surface area contributed by atoms with Crippen molar-refractivity contribution in [2.24, 2.45) is 17.8 Å². The highest BCUT2D eigenvalue weighted by Crippen LogP contribution is 2.40. The lowest BCUT2D eigenvalue weighted by atomic mass is 9.67. The maximum atomic E-state index is 12.5. The molecule has 2 saturated carbocycles. The van der Waals surface area contributed by atoms with Gasteiger partial charge in [0.05, 0.1) is 6.42 Å². The van der Waals surface area contributed by atoms with E-state index in [9.17, 15) is 9.59 Å². The Morgan fingerprint density at radius 1 is 0.842 bits per heavy atom. The highest BCUT2D eigenvalue weighted by Gasteiger charge is 2.36. The van der Waals surface area contributed by atoms with Crippen LogP contribution in [-0.2, 0) is 9.59 Å². The first-order chi connectivity index (χ1) is 9.18. The molecular formula is C17H28O2. The minimum atomic E-state index is 0.0432. The predicted molar refractivity (Wildman–Crippen MR) is 76.9 cm³/mol. The molecule has 0 aromatic rings. The van der Waals surface area contributed by atoms with Crippen LogP contribution < -0.4 is 0 Å². The third-order valence-electron chi connectivity index (χ3n) is 5.11. The topological polar surface area (TPSA) is 34.1 Å². The van der Waals surface area contributed by atoms with Gasteiger partial charge in [-0.05, 0) is 44.4 Å². The average Bonchev–Trinajstić information content (AvgIpc) is 2.40. The summed E-state index contributed by atoms with van der Waals surface area (Å²) in [5, 5.41) is 0. The number of carbonyl (C=O) groups is 2. The molecule has 0 aromatic carbocycles. The Balaban J connectivity index is 2.06. The molecule has 2 fully saturated rings. The van der Waals surface area contributed by atoms with Crippen LogP contribution in [0, 0.1) is 17.8 Å². The number of Topliss-reactive ketones (excluding diaryl/α,β-unsaturated/α-hetero) is 2. The normalized spacial score (nSPS) is 22.6. The molecule has 0 N–H and O–H groups in total. The van der Waals surface area contributed by atoms with Crippen LogP contribution in [0.5, 0.6) is 0 Å². The molecule has 2 aliphatic carbocycles. The van der Waals surface area contributed by atoms with E-state index < -0.39 is 0 Å². The number of hydrogen-bond donors (Lipinski definition) is 0. The van der Waals surface area contributed by atoms with Crippen LogP contribution in [-0.4, -0.2) is 11.6 Å². The van der Waals surface area contributed by atoms with Gasteiger partial charge in [-0.1, -0.05) is 38.5 Å². The molecule has 0 aromatic heterocycles. The minimum absolute atomic E-state index is 0.0432. The van der Waals surface area contributed by atoms with Gasteiger partial charge < -0.3 is 0 Å². The quantitative estimate of drug-likeness (QED) is 0.693. The van der Waals surface area contributed by atoms with Crippen molar-refractivity contribution in [3.05, 3.63) is 0 Å². The number of rotatable bonds is 5. The van der Waals surface area contributed by atoms with Crippen molar-refractivity contribution >= 4 is 11.6 Å². The molecule has 0 unspecified atom stereocenters. The minimum Gasteiger partial charge on any atom is -0.300 e. The van der Waals surface area contributed by atoms with Crippen molar-refractivity contribution in [3.63, 3.8) is 0 Å². The standard InChI is InChI=1S/C17H28O2/c1-13(18)12-16(19)17(14-8-4-2-5-9-14)15-10-6-3-7-11-15/h14-15,17H,2-12H2,1H3. The van der Waals surface area contributed by atoms with E-state index in [4.69, 9.17) is 0 Å². The van der Waals surface area contributed by atoms with Crippen LogP contribution in [0.4, 0.5) is 0 Å². The summed E-state index contributed by atoms with van der Waals surface area (Å²) in [5.41, 5.74) is 0. The Labute approximate surface area is 117 Å². The third-order valence-corrected chi connectivity index (χ3v) is 5.11. The lowest BCUT2D eigenvalue weighted by Gasteiger charge is -2.36. The summed E-state index contributed by atoms with van der Waals surface area (Å²) in [6.45, 7) is 1.55. The van der Waals surface area contributed by atoms with E-state index in [2.05, 4.69) is 0 Å². The lowest BCUT2D eigenvalue weighted by Crippen LogP contribution is -2.34. The second-order valence-electron chi connectivity index (χ2n) is 6.67. The van der Waals surface area contributed by atoms with Gasteiger partial charge >= 0.3 is 0 Å². The van der Waals surface area contributed by atoms with Gasteiger partial charge in [0.1, 0.15) is 11.6 Å². The highest BCUT2D eigenvalue weighted by molar-refractivity contribution is 5.99. The Kier molecular flexibility index (Phi) is 5.59. The van der Waals surface area contributed by atoms with Gasteiger partial charge in [-0.2, -0.15) is 0 Å². The number of ketones is 2. The number of carbonyl (C=O) groups excluding carboxylic acids is 2. The summed E-state index contributed by atoms with van der Waals surface area (Å²) < 4.78 is 0. The fourth-order valence-corrected chi connectivity index (χ4v) is 4.26. The zero-order chi connectivity index (χ0) is 13.7. The lowest BCUT2D eigenvalue weighted by molar-refractivity contribution is -0.132. The van der Waals surface area contributed by atoms with E-state index in [1.165, 1.54) is 64.2 Å². The third kappa shape index (κ3) is 4.15. The van der Waals surface area contributed by atoms with Crippen LogP contribution in [0.15, 0.2) is 0 Å². The zero-order valence-electron chi connectivity index (χ0n) is 12.3.